The Bertz CT molecular complexity index is 255. The highest BCUT2D eigenvalue weighted by molar-refractivity contribution is 7.87. The Morgan fingerprint density at radius 3 is 2.07 bits per heavy atom. The largest absolute Gasteiger partial charge is 0.329 e. The zero-order valence-corrected chi connectivity index (χ0v) is 11.4. The average Bonchev–Trinajstić information content (AvgIpc) is 2.01. The molecule has 0 saturated carbocycles. The van der Waals surface area contributed by atoms with E-state index in [-0.39, 0.29) is 18.4 Å². The van der Waals surface area contributed by atoms with Gasteiger partial charge in [0.2, 0.25) is 0 Å². The monoisotopic (exact) mass is 259 g/mol. The van der Waals surface area contributed by atoms with Crippen LogP contribution in [-0.2, 0) is 10.2 Å². The van der Waals surface area contributed by atoms with Gasteiger partial charge in [0.25, 0.3) is 10.2 Å². The molecule has 0 aliphatic carbocycles. The number of halogens is 1. The van der Waals surface area contributed by atoms with E-state index in [1.807, 2.05) is 13.8 Å². The Balaban J connectivity index is 0. The quantitative estimate of drug-likeness (QED) is 0.715. The van der Waals surface area contributed by atoms with Gasteiger partial charge in [0.1, 0.15) is 0 Å². The van der Waals surface area contributed by atoms with Crippen molar-refractivity contribution in [2.24, 2.45) is 11.7 Å². The molecule has 94 valence electrons. The fourth-order valence-corrected chi connectivity index (χ4v) is 1.90. The van der Waals surface area contributed by atoms with E-state index in [1.165, 1.54) is 14.1 Å². The van der Waals surface area contributed by atoms with E-state index in [1.54, 1.807) is 0 Å². The molecule has 0 radical (unpaired) electrons. The topological polar surface area (TPSA) is 75.4 Å². The van der Waals surface area contributed by atoms with Crippen molar-refractivity contribution in [1.82, 2.24) is 9.03 Å². The second-order valence-electron chi connectivity index (χ2n) is 3.97. The van der Waals surface area contributed by atoms with Crippen LogP contribution in [0.4, 0.5) is 0 Å². The lowest BCUT2D eigenvalue weighted by atomic mass is 10.1. The first-order valence-electron chi connectivity index (χ1n) is 4.69. The number of hydrogen-bond acceptors (Lipinski definition) is 3. The van der Waals surface area contributed by atoms with Crippen LogP contribution in [0.5, 0.6) is 0 Å². The van der Waals surface area contributed by atoms with Gasteiger partial charge in [0.15, 0.2) is 0 Å². The van der Waals surface area contributed by atoms with Crippen LogP contribution in [0.1, 0.15) is 20.3 Å². The molecule has 0 aromatic carbocycles. The molecule has 3 N–H and O–H groups in total. The van der Waals surface area contributed by atoms with Crippen LogP contribution in [-0.4, -0.2) is 39.4 Å². The highest BCUT2D eigenvalue weighted by Gasteiger charge is 2.19. The molecule has 0 spiro atoms. The summed E-state index contributed by atoms with van der Waals surface area (Å²) < 4.78 is 26.6. The van der Waals surface area contributed by atoms with Gasteiger partial charge in [-0.05, 0) is 12.3 Å². The molecule has 0 amide bonds. The van der Waals surface area contributed by atoms with Crippen molar-refractivity contribution < 1.29 is 8.42 Å². The highest BCUT2D eigenvalue weighted by atomic mass is 35.5. The molecular formula is C8H22ClN3O2S. The Morgan fingerprint density at radius 2 is 1.80 bits per heavy atom. The van der Waals surface area contributed by atoms with Crippen LogP contribution >= 0.6 is 12.4 Å². The fourth-order valence-electron chi connectivity index (χ4n) is 1.08. The van der Waals surface area contributed by atoms with Gasteiger partial charge in [0.05, 0.1) is 0 Å². The lowest BCUT2D eigenvalue weighted by Crippen LogP contribution is -2.45. The van der Waals surface area contributed by atoms with Gasteiger partial charge in [-0.15, -0.1) is 12.4 Å². The molecule has 0 aromatic rings. The summed E-state index contributed by atoms with van der Waals surface area (Å²) in [5, 5.41) is 0. The molecule has 7 heteroatoms. The van der Waals surface area contributed by atoms with Gasteiger partial charge in [-0.2, -0.15) is 17.4 Å². The minimum Gasteiger partial charge on any atom is -0.329 e. The number of rotatable bonds is 6. The minimum absolute atomic E-state index is 0. The number of hydrogen-bond donors (Lipinski definition) is 2. The first kappa shape index (κ1) is 17.5. The van der Waals surface area contributed by atoms with Crippen LogP contribution in [0.25, 0.3) is 0 Å². The van der Waals surface area contributed by atoms with Gasteiger partial charge in [-0.3, -0.25) is 0 Å². The van der Waals surface area contributed by atoms with Crippen LogP contribution < -0.4 is 10.5 Å². The van der Waals surface area contributed by atoms with E-state index in [2.05, 4.69) is 4.72 Å². The van der Waals surface area contributed by atoms with Crippen molar-refractivity contribution >= 4 is 22.6 Å². The average molecular weight is 260 g/mol. The zero-order valence-electron chi connectivity index (χ0n) is 9.73. The molecule has 0 fully saturated rings. The molecule has 0 aromatic heterocycles. The zero-order chi connectivity index (χ0) is 11.4. The molecule has 0 saturated heterocycles. The third-order valence-electron chi connectivity index (χ3n) is 1.84. The summed E-state index contributed by atoms with van der Waals surface area (Å²) in [7, 11) is -0.369. The summed E-state index contributed by atoms with van der Waals surface area (Å²) in [5.41, 5.74) is 5.48. The van der Waals surface area contributed by atoms with Crippen LogP contribution in [0.3, 0.4) is 0 Å². The standard InChI is InChI=1S/C8H21N3O2S.ClH/c1-7(2)5-8(6-9)10-14(12,13)11(3)4;/h7-8,10H,5-6,9H2,1-4H3;1H. The second-order valence-corrected chi connectivity index (χ2v) is 5.88. The predicted octanol–water partition coefficient (Wildman–Crippen LogP) is 0.178. The molecule has 5 nitrogen and oxygen atoms in total. The molecule has 0 heterocycles. The summed E-state index contributed by atoms with van der Waals surface area (Å²) >= 11 is 0. The Labute approximate surface area is 99.0 Å². The maximum atomic E-state index is 11.4. The van der Waals surface area contributed by atoms with Crippen molar-refractivity contribution in [3.05, 3.63) is 0 Å². The Hall–Kier alpha value is 0.120. The molecule has 1 unspecified atom stereocenters. The third kappa shape index (κ3) is 7.08. The third-order valence-corrected chi connectivity index (χ3v) is 3.43. The summed E-state index contributed by atoms with van der Waals surface area (Å²) in [6, 6.07) is -0.178. The lowest BCUT2D eigenvalue weighted by molar-refractivity contribution is 0.443. The van der Waals surface area contributed by atoms with Gasteiger partial charge in [-0.1, -0.05) is 13.8 Å². The van der Waals surface area contributed by atoms with E-state index in [9.17, 15) is 8.42 Å². The van der Waals surface area contributed by atoms with Crippen LogP contribution in [0.2, 0.25) is 0 Å². The van der Waals surface area contributed by atoms with E-state index in [0.29, 0.717) is 12.5 Å². The van der Waals surface area contributed by atoms with E-state index >= 15 is 0 Å². The summed E-state index contributed by atoms with van der Waals surface area (Å²) in [5.74, 6) is 0.424. The summed E-state index contributed by atoms with van der Waals surface area (Å²) in [6.45, 7) is 4.39. The lowest BCUT2D eigenvalue weighted by Gasteiger charge is -2.21. The Kier molecular flexibility index (Phi) is 8.64. The molecule has 0 aliphatic rings. The van der Waals surface area contributed by atoms with Gasteiger partial charge in [-0.25, -0.2) is 0 Å². The van der Waals surface area contributed by atoms with Crippen molar-refractivity contribution in [2.45, 2.75) is 26.3 Å². The molecule has 0 rings (SSSR count). The second kappa shape index (κ2) is 7.40. The van der Waals surface area contributed by atoms with Gasteiger partial charge >= 0.3 is 0 Å². The van der Waals surface area contributed by atoms with Crippen molar-refractivity contribution in [1.29, 1.82) is 0 Å². The number of nitrogens with two attached hydrogens (primary N) is 1. The van der Waals surface area contributed by atoms with Gasteiger partial charge < -0.3 is 5.73 Å². The molecule has 0 bridgehead atoms. The minimum atomic E-state index is -3.35. The smallest absolute Gasteiger partial charge is 0.279 e. The van der Waals surface area contributed by atoms with Crippen LogP contribution in [0.15, 0.2) is 0 Å². The SMILES string of the molecule is CC(C)CC(CN)NS(=O)(=O)N(C)C.Cl. The number of nitrogens with one attached hydrogen (secondary N) is 1. The van der Waals surface area contributed by atoms with Crippen molar-refractivity contribution in [3.63, 3.8) is 0 Å². The van der Waals surface area contributed by atoms with Gasteiger partial charge in [0, 0.05) is 26.7 Å². The van der Waals surface area contributed by atoms with E-state index in [4.69, 9.17) is 5.73 Å². The fraction of sp³-hybridized carbons (Fsp3) is 1.00. The Morgan fingerprint density at radius 1 is 1.33 bits per heavy atom. The highest BCUT2D eigenvalue weighted by Crippen LogP contribution is 2.05. The molecule has 0 aliphatic heterocycles. The normalized spacial score (nSPS) is 14.1. The molecular weight excluding hydrogens is 238 g/mol. The molecule has 15 heavy (non-hydrogen) atoms. The first-order valence-corrected chi connectivity index (χ1v) is 6.13. The number of nitrogens with zero attached hydrogens (tertiary/aromatic N) is 1. The molecule has 1 atom stereocenters. The predicted molar refractivity (Wildman–Crippen MR) is 65.3 cm³/mol. The van der Waals surface area contributed by atoms with Crippen molar-refractivity contribution in [3.8, 4) is 0 Å². The maximum absolute atomic E-state index is 11.4. The van der Waals surface area contributed by atoms with E-state index < -0.39 is 10.2 Å². The van der Waals surface area contributed by atoms with Crippen LogP contribution in [0, 0.1) is 5.92 Å². The maximum Gasteiger partial charge on any atom is 0.279 e. The van der Waals surface area contributed by atoms with Crippen molar-refractivity contribution in [2.75, 3.05) is 20.6 Å². The summed E-state index contributed by atoms with van der Waals surface area (Å²) in [4.78, 5) is 0. The summed E-state index contributed by atoms with van der Waals surface area (Å²) in [6.07, 6.45) is 0.754. The first-order chi connectivity index (χ1) is 6.29. The van der Waals surface area contributed by atoms with E-state index in [0.717, 1.165) is 10.7 Å².